The number of fused-ring (bicyclic) bond motifs is 7. The summed E-state index contributed by atoms with van der Waals surface area (Å²) in [6, 6.07) is 29.8. The lowest BCUT2D eigenvalue weighted by Crippen LogP contribution is -2.06. The quantitative estimate of drug-likeness (QED) is 0.0616. The molecule has 0 N–H and O–H groups in total. The van der Waals surface area contributed by atoms with Crippen LogP contribution in [0.15, 0.2) is 78.9 Å². The molecule has 0 spiro atoms. The smallest absolute Gasteiger partial charge is 0.339 e. The molecule has 0 radical (unpaired) electrons. The maximum atomic E-state index is 15.6. The van der Waals surface area contributed by atoms with Gasteiger partial charge >= 0.3 is 5.97 Å². The number of benzene rings is 2. The number of aryl methyl sites for hydroxylation is 7. The zero-order chi connectivity index (χ0) is 51.6. The normalized spacial score (nSPS) is 12.2. The average Bonchev–Trinajstić information content (AvgIpc) is 4.24. The second-order valence-electron chi connectivity index (χ2n) is 19.1. The molecule has 11 heterocycles. The number of hydrogen-bond acceptors (Lipinski definition) is 13. The minimum Gasteiger partial charge on any atom is -0.462 e. The van der Waals surface area contributed by atoms with Crippen molar-refractivity contribution in [2.45, 2.75) is 74.1 Å². The van der Waals surface area contributed by atoms with Crippen molar-refractivity contribution in [3.63, 3.8) is 0 Å². The molecule has 0 aliphatic heterocycles. The van der Waals surface area contributed by atoms with Crippen LogP contribution in [0.1, 0.15) is 70.2 Å². The Hall–Kier alpha value is -3.68. The van der Waals surface area contributed by atoms with E-state index in [1.54, 1.807) is 34.0 Å². The van der Waals surface area contributed by atoms with Gasteiger partial charge in [0.25, 0.3) is 0 Å². The Morgan fingerprint density at radius 1 is 0.427 bits per heavy atom. The van der Waals surface area contributed by atoms with Crippen molar-refractivity contribution in [2.75, 3.05) is 11.9 Å². The lowest BCUT2D eigenvalue weighted by molar-refractivity contribution is 0.0499. The predicted molar refractivity (Wildman–Crippen MR) is 344 cm³/mol. The van der Waals surface area contributed by atoms with Gasteiger partial charge in [-0.25, -0.2) is 9.18 Å². The second-order valence-corrected chi connectivity index (χ2v) is 32.9. The van der Waals surface area contributed by atoms with E-state index < -0.39 is 0 Å². The highest BCUT2D eigenvalue weighted by molar-refractivity contribution is 9.09. The van der Waals surface area contributed by atoms with Gasteiger partial charge in [-0.1, -0.05) is 28.8 Å². The fraction of sp³-hybridized carbons (Fsp3) is 0.217. The molecule has 0 aliphatic rings. The molecular weight excluding hydrogens is 1200 g/mol. The lowest BCUT2D eigenvalue weighted by atomic mass is 9.99. The first-order valence-electron chi connectivity index (χ1n) is 24.7. The van der Waals surface area contributed by atoms with E-state index in [4.69, 9.17) is 4.74 Å². The molecule has 0 saturated carbocycles. The maximum absolute atomic E-state index is 15.6. The summed E-state index contributed by atoms with van der Waals surface area (Å²) < 4.78 is 28.0. The van der Waals surface area contributed by atoms with Crippen LogP contribution in [-0.2, 0) is 4.74 Å². The highest BCUT2D eigenvalue weighted by Crippen LogP contribution is 2.58. The van der Waals surface area contributed by atoms with Crippen molar-refractivity contribution in [2.24, 2.45) is 0 Å². The summed E-state index contributed by atoms with van der Waals surface area (Å²) in [6.45, 7) is 15.3. The highest BCUT2D eigenvalue weighted by atomic mass is 79.9. The van der Waals surface area contributed by atoms with Gasteiger partial charge in [-0.3, -0.25) is 0 Å². The van der Waals surface area contributed by atoms with Crippen LogP contribution in [0.5, 0.6) is 0 Å². The van der Waals surface area contributed by atoms with Crippen LogP contribution in [0.25, 0.3) is 121 Å². The van der Waals surface area contributed by atoms with Crippen LogP contribution in [-0.4, -0.2) is 17.9 Å². The fourth-order valence-corrected chi connectivity index (χ4v) is 23.4. The molecule has 0 atom stereocenters. The number of ether oxygens (including phenoxy) is 1. The molecule has 13 aromatic rings. The molecule has 75 heavy (non-hydrogen) atoms. The minimum absolute atomic E-state index is 0.0864. The topological polar surface area (TPSA) is 26.3 Å². The second kappa shape index (κ2) is 20.2. The van der Waals surface area contributed by atoms with E-state index in [9.17, 15) is 4.79 Å². The molecule has 15 heteroatoms. The van der Waals surface area contributed by atoms with E-state index in [0.29, 0.717) is 12.2 Å². The molecule has 2 nitrogen and oxygen atoms in total. The summed E-state index contributed by atoms with van der Waals surface area (Å²) >= 11 is 23.3. The van der Waals surface area contributed by atoms with Crippen molar-refractivity contribution in [1.29, 1.82) is 0 Å². The van der Waals surface area contributed by atoms with E-state index in [1.807, 2.05) is 97.6 Å². The van der Waals surface area contributed by atoms with Gasteiger partial charge in [-0.05, 0) is 140 Å². The SMILES string of the molecule is Cc1ccc(-c2c(-c3ccc(C)s3)c3sc(-c4sc(-c5cc6c(s5)c(-c5ccc(C)s5)c(-c5ccc(C)s5)c5sc(-c7sc(C)c8c(F)c(C)sc78)cc56)cc4C(=O)OCCCCCCBr)cc3c3cc(C)sc23)s1. The number of esters is 1. The van der Waals surface area contributed by atoms with Crippen LogP contribution >= 0.6 is 141 Å². The Bertz CT molecular complexity index is 4380. The van der Waals surface area contributed by atoms with Crippen molar-refractivity contribution in [1.82, 2.24) is 0 Å². The summed E-state index contributed by atoms with van der Waals surface area (Å²) in [5, 5.41) is 6.67. The first-order valence-corrected chi connectivity index (χ1v) is 34.8. The summed E-state index contributed by atoms with van der Waals surface area (Å²) in [5.41, 5.74) is 5.75. The summed E-state index contributed by atoms with van der Waals surface area (Å²) in [7, 11) is 0. The zero-order valence-corrected chi connectivity index (χ0v) is 52.4. The van der Waals surface area contributed by atoms with E-state index in [-0.39, 0.29) is 11.8 Å². The molecule has 0 aliphatic carbocycles. The van der Waals surface area contributed by atoms with Gasteiger partial charge in [0.1, 0.15) is 5.82 Å². The zero-order valence-electron chi connectivity index (χ0n) is 41.8. The maximum Gasteiger partial charge on any atom is 0.339 e. The fourth-order valence-electron chi connectivity index (χ4n) is 10.3. The molecule has 378 valence electrons. The third-order valence-electron chi connectivity index (χ3n) is 13.7. The number of unbranched alkanes of at least 4 members (excludes halogenated alkanes) is 3. The van der Waals surface area contributed by atoms with Gasteiger partial charge in [0.05, 0.1) is 26.6 Å². The van der Waals surface area contributed by atoms with Crippen LogP contribution in [0.4, 0.5) is 4.39 Å². The molecule has 13 rings (SSSR count). The molecule has 0 unspecified atom stereocenters. The number of carbonyl (C=O) groups is 1. The van der Waals surface area contributed by atoms with Crippen molar-refractivity contribution in [3.05, 3.63) is 124 Å². The molecule has 11 aromatic heterocycles. The van der Waals surface area contributed by atoms with Crippen molar-refractivity contribution >= 4 is 197 Å². The van der Waals surface area contributed by atoms with Crippen LogP contribution in [0.2, 0.25) is 0 Å². The molecule has 0 saturated heterocycles. The predicted octanol–water partition coefficient (Wildman–Crippen LogP) is 24.2. The molecular formula is C60H46BrFO2S11. The van der Waals surface area contributed by atoms with Crippen molar-refractivity contribution < 1.29 is 13.9 Å². The largest absolute Gasteiger partial charge is 0.462 e. The van der Waals surface area contributed by atoms with Gasteiger partial charge in [-0.15, -0.1) is 125 Å². The Kier molecular flexibility index (Phi) is 13.7. The monoisotopic (exact) mass is 1250 g/mol. The van der Waals surface area contributed by atoms with Crippen molar-refractivity contribution in [3.8, 4) is 71.0 Å². The number of carbonyl (C=O) groups excluding carboxylic acids is 1. The molecule has 0 bridgehead atoms. The Morgan fingerprint density at radius 2 is 0.880 bits per heavy atom. The number of hydrogen-bond donors (Lipinski definition) is 0. The first kappa shape index (κ1) is 50.8. The van der Waals surface area contributed by atoms with Gasteiger partial charge in [0.15, 0.2) is 0 Å². The number of alkyl halides is 1. The Balaban J connectivity index is 1.04. The van der Waals surface area contributed by atoms with Crippen LogP contribution in [0, 0.1) is 54.3 Å². The first-order chi connectivity index (χ1) is 36.3. The summed E-state index contributed by atoms with van der Waals surface area (Å²) in [4.78, 5) is 34.5. The number of rotatable bonds is 14. The van der Waals surface area contributed by atoms with E-state index >= 15 is 4.39 Å². The molecule has 0 fully saturated rings. The van der Waals surface area contributed by atoms with E-state index in [2.05, 4.69) is 136 Å². The molecule has 2 aromatic carbocycles. The standard InChI is InChI=1S/C60H46BrFO2S11/c1-27-12-16-39(65-27)48-49(40-17-13-28(2)66-40)56-36(34-22-31(5)69-54(34)48)24-45(74-56)53-38(60(63)64-21-11-9-8-10-20-61)26-44(72-53)43-23-35-37-25-46(58-59-47(32(6)70-58)52(62)33(7)71-59)75-57(37)51(42-19-15-30(4)68-42)50(55(35)73-43)41-18-14-29(3)67-41/h12-19,22-26H,8-11,20-21H2,1-7H3. The third-order valence-corrected chi connectivity index (χ3v) is 26.9. The Labute approximate surface area is 487 Å². The average molecular weight is 1250 g/mol. The minimum atomic E-state index is -0.264. The molecule has 0 amide bonds. The van der Waals surface area contributed by atoms with Crippen LogP contribution in [0.3, 0.4) is 0 Å². The van der Waals surface area contributed by atoms with E-state index in [0.717, 1.165) is 75.2 Å². The number of halogens is 2. The van der Waals surface area contributed by atoms with E-state index in [1.165, 1.54) is 111 Å². The highest BCUT2D eigenvalue weighted by Gasteiger charge is 2.30. The third kappa shape index (κ3) is 8.87. The number of thiophene rings is 11. The lowest BCUT2D eigenvalue weighted by Gasteiger charge is -2.11. The van der Waals surface area contributed by atoms with Crippen LogP contribution < -0.4 is 0 Å². The van der Waals surface area contributed by atoms with Gasteiger partial charge in [0.2, 0.25) is 0 Å². The summed E-state index contributed by atoms with van der Waals surface area (Å²) in [6.07, 6.45) is 4.06. The summed E-state index contributed by atoms with van der Waals surface area (Å²) in [5.74, 6) is -0.351. The van der Waals surface area contributed by atoms with Gasteiger partial charge in [0, 0.05) is 146 Å². The van der Waals surface area contributed by atoms with Gasteiger partial charge < -0.3 is 4.74 Å². The van der Waals surface area contributed by atoms with Gasteiger partial charge in [-0.2, -0.15) is 0 Å². The Morgan fingerprint density at radius 3 is 1.39 bits per heavy atom.